The number of imidazole rings is 1. The molecule has 3 heterocycles. The number of para-hydroxylation sites is 2. The van der Waals surface area contributed by atoms with Crippen molar-refractivity contribution in [1.82, 2.24) is 14.3 Å². The molecule has 0 aliphatic carbocycles. The first-order chi connectivity index (χ1) is 22.0. The van der Waals surface area contributed by atoms with Gasteiger partial charge in [0.2, 0.25) is 0 Å². The summed E-state index contributed by atoms with van der Waals surface area (Å²) in [5.74, 6) is -0.521. The van der Waals surface area contributed by atoms with E-state index in [1.165, 1.54) is 10.5 Å². The Bertz CT molecular complexity index is 2760. The van der Waals surface area contributed by atoms with Crippen LogP contribution in [0.4, 0.5) is 0 Å². The number of hydrogen-bond donors (Lipinski definition) is 0. The lowest BCUT2D eigenvalue weighted by Gasteiger charge is -2.28. The maximum absolute atomic E-state index is 14.0. The van der Waals surface area contributed by atoms with Crippen LogP contribution in [0.15, 0.2) is 102 Å². The van der Waals surface area contributed by atoms with Crippen molar-refractivity contribution in [2.45, 2.75) is 13.3 Å². The highest BCUT2D eigenvalue weighted by molar-refractivity contribution is 6.41. The molecule has 1 aliphatic rings. The van der Waals surface area contributed by atoms with Gasteiger partial charge < -0.3 is 0 Å². The lowest BCUT2D eigenvalue weighted by Crippen LogP contribution is -2.41. The van der Waals surface area contributed by atoms with Crippen molar-refractivity contribution in [2.24, 2.45) is 0 Å². The van der Waals surface area contributed by atoms with Crippen LogP contribution in [-0.4, -0.2) is 32.6 Å². The summed E-state index contributed by atoms with van der Waals surface area (Å²) in [6, 6.07) is 31.7. The lowest BCUT2D eigenvalue weighted by molar-refractivity contribution is 0.0612. The number of rotatable bonds is 3. The molecule has 0 saturated heterocycles. The lowest BCUT2D eigenvalue weighted by atomic mass is 9.84. The minimum atomic E-state index is -0.260. The molecule has 10 rings (SSSR count). The smallest absolute Gasteiger partial charge is 0.264 e. The van der Waals surface area contributed by atoms with E-state index in [0.717, 1.165) is 59.7 Å². The van der Waals surface area contributed by atoms with Gasteiger partial charge in [-0.05, 0) is 87.6 Å². The highest BCUT2D eigenvalue weighted by Crippen LogP contribution is 2.46. The molecule has 0 fully saturated rings. The molecule has 1 aliphatic heterocycles. The summed E-state index contributed by atoms with van der Waals surface area (Å²) >= 11 is 0. The van der Waals surface area contributed by atoms with E-state index in [-0.39, 0.29) is 17.4 Å². The predicted molar refractivity (Wildman–Crippen MR) is 179 cm³/mol. The molecule has 6 heteroatoms. The van der Waals surface area contributed by atoms with Crippen LogP contribution in [0.5, 0.6) is 0 Å². The first-order valence-corrected chi connectivity index (χ1v) is 15.1. The summed E-state index contributed by atoms with van der Waals surface area (Å²) in [7, 11) is 0. The van der Waals surface area contributed by atoms with E-state index >= 15 is 0 Å². The molecule has 6 nitrogen and oxygen atoms in total. The molecule has 7 aromatic carbocycles. The molecule has 0 atom stereocenters. The number of aromatic nitrogens is 2. The van der Waals surface area contributed by atoms with E-state index in [1.807, 2.05) is 91.9 Å². The van der Waals surface area contributed by atoms with Crippen LogP contribution in [0.1, 0.15) is 31.8 Å². The third kappa shape index (κ3) is 3.03. The topological polar surface area (TPSA) is 71.8 Å². The third-order valence-electron chi connectivity index (χ3n) is 9.83. The van der Waals surface area contributed by atoms with E-state index < -0.39 is 0 Å². The number of aryl methyl sites for hydroxylation is 1. The molecule has 2 amide bonds. The monoisotopic (exact) mass is 581 g/mol. The Morgan fingerprint density at radius 2 is 1.13 bits per heavy atom. The number of fused-ring (bicyclic) bond motifs is 6. The highest BCUT2D eigenvalue weighted by Gasteiger charge is 2.34. The Morgan fingerprint density at radius 1 is 0.578 bits per heavy atom. The Balaban J connectivity index is 1.23. The van der Waals surface area contributed by atoms with Gasteiger partial charge in [-0.1, -0.05) is 66.2 Å². The molecule has 2 aromatic heterocycles. The second-order valence-electron chi connectivity index (χ2n) is 12.2. The minimum absolute atomic E-state index is 0.0899. The van der Waals surface area contributed by atoms with Crippen LogP contribution in [0.25, 0.3) is 70.5 Å². The Hall–Kier alpha value is -5.88. The first-order valence-electron chi connectivity index (χ1n) is 15.1. The van der Waals surface area contributed by atoms with Gasteiger partial charge in [0.05, 0.1) is 11.0 Å². The molecule has 9 aromatic rings. The van der Waals surface area contributed by atoms with Crippen molar-refractivity contribution in [3.05, 3.63) is 130 Å². The molecule has 212 valence electrons. The Kier molecular flexibility index (Phi) is 4.58. The van der Waals surface area contributed by atoms with E-state index in [1.54, 1.807) is 4.40 Å². The summed E-state index contributed by atoms with van der Waals surface area (Å²) in [5.41, 5.74) is 5.49. The van der Waals surface area contributed by atoms with Crippen molar-refractivity contribution < 1.29 is 9.59 Å². The van der Waals surface area contributed by atoms with Gasteiger partial charge in [-0.15, -0.1) is 0 Å². The van der Waals surface area contributed by atoms with Crippen LogP contribution >= 0.6 is 0 Å². The van der Waals surface area contributed by atoms with Crippen molar-refractivity contribution in [3.63, 3.8) is 0 Å². The second-order valence-corrected chi connectivity index (χ2v) is 12.2. The zero-order chi connectivity index (χ0) is 30.1. The average molecular weight is 582 g/mol. The third-order valence-corrected chi connectivity index (χ3v) is 9.83. The average Bonchev–Trinajstić information content (AvgIpc) is 3.46. The van der Waals surface area contributed by atoms with Gasteiger partial charge in [0.15, 0.2) is 0 Å². The number of benzene rings is 7. The standard InChI is InChI=1S/C39H23N3O3/c1-20-6-8-21(9-7-20)18-19-41-37(43)27-15-11-24-22-10-14-26-34-29(39(45)42-31-5-3-2-4-30(31)40-36(26)42)17-13-23(32(22)34)25-12-16-28(38(41)44)35(27)33(24)25/h2-17H,18-19H2,1H3. The van der Waals surface area contributed by atoms with Crippen molar-refractivity contribution >= 4 is 82.4 Å². The fourth-order valence-electron chi connectivity index (χ4n) is 7.72. The summed E-state index contributed by atoms with van der Waals surface area (Å²) < 4.78 is 1.72. The number of carbonyl (C=O) groups is 2. The van der Waals surface area contributed by atoms with Crippen LogP contribution in [0, 0.1) is 6.92 Å². The molecular formula is C39H23N3O3. The van der Waals surface area contributed by atoms with Gasteiger partial charge in [-0.25, -0.2) is 4.98 Å². The number of amides is 2. The summed E-state index contributed by atoms with van der Waals surface area (Å²) in [6.45, 7) is 2.36. The van der Waals surface area contributed by atoms with E-state index in [9.17, 15) is 14.4 Å². The number of pyridine rings is 1. The largest absolute Gasteiger partial charge is 0.274 e. The predicted octanol–water partition coefficient (Wildman–Crippen LogP) is 7.64. The van der Waals surface area contributed by atoms with Crippen molar-refractivity contribution in [2.75, 3.05) is 6.54 Å². The maximum atomic E-state index is 14.0. The van der Waals surface area contributed by atoms with Crippen LogP contribution < -0.4 is 5.56 Å². The highest BCUT2D eigenvalue weighted by atomic mass is 16.2. The molecule has 0 spiro atoms. The fourth-order valence-corrected chi connectivity index (χ4v) is 7.72. The fraction of sp³-hybridized carbons (Fsp3) is 0.0769. The van der Waals surface area contributed by atoms with Gasteiger partial charge in [-0.2, -0.15) is 0 Å². The minimum Gasteiger partial charge on any atom is -0.274 e. The molecule has 0 N–H and O–H groups in total. The van der Waals surface area contributed by atoms with Crippen molar-refractivity contribution in [3.8, 4) is 0 Å². The summed E-state index contributed by atoms with van der Waals surface area (Å²) in [5, 5.41) is 8.98. The summed E-state index contributed by atoms with van der Waals surface area (Å²) in [6.07, 6.45) is 0.596. The Morgan fingerprint density at radius 3 is 1.82 bits per heavy atom. The molecular weight excluding hydrogens is 558 g/mol. The normalized spacial score (nSPS) is 13.8. The quantitative estimate of drug-likeness (QED) is 0.122. The van der Waals surface area contributed by atoms with E-state index in [2.05, 4.69) is 12.1 Å². The number of hydrogen-bond acceptors (Lipinski definition) is 4. The van der Waals surface area contributed by atoms with Gasteiger partial charge >= 0.3 is 0 Å². The second kappa shape index (κ2) is 8.39. The Labute approximate surface area is 255 Å². The summed E-state index contributed by atoms with van der Waals surface area (Å²) in [4.78, 5) is 48.0. The number of imide groups is 1. The SMILES string of the molecule is Cc1ccc(CCN2C(=O)c3ccc4c5ccc6c(=O)n7c8ccccc8nc7c7ccc(c8ccc(c3c48)C2=O)c5c67)cc1. The van der Waals surface area contributed by atoms with E-state index in [0.29, 0.717) is 40.5 Å². The zero-order valence-corrected chi connectivity index (χ0v) is 24.2. The van der Waals surface area contributed by atoms with Crippen LogP contribution in [-0.2, 0) is 6.42 Å². The molecule has 0 radical (unpaired) electrons. The van der Waals surface area contributed by atoms with Gasteiger partial charge in [0.1, 0.15) is 5.65 Å². The molecule has 0 saturated carbocycles. The first kappa shape index (κ1) is 24.6. The molecule has 0 bridgehead atoms. The number of carbonyl (C=O) groups excluding carboxylic acids is 2. The van der Waals surface area contributed by atoms with Gasteiger partial charge in [0, 0.05) is 39.2 Å². The van der Waals surface area contributed by atoms with Crippen molar-refractivity contribution in [1.29, 1.82) is 0 Å². The molecule has 45 heavy (non-hydrogen) atoms. The molecule has 0 unspecified atom stereocenters. The number of nitrogens with zero attached hydrogens (tertiary/aromatic N) is 3. The van der Waals surface area contributed by atoms with Crippen LogP contribution in [0.3, 0.4) is 0 Å². The van der Waals surface area contributed by atoms with Crippen LogP contribution in [0.2, 0.25) is 0 Å². The zero-order valence-electron chi connectivity index (χ0n) is 24.2. The van der Waals surface area contributed by atoms with Gasteiger partial charge in [-0.3, -0.25) is 23.7 Å². The maximum Gasteiger partial charge on any atom is 0.264 e. The van der Waals surface area contributed by atoms with E-state index in [4.69, 9.17) is 4.98 Å². The van der Waals surface area contributed by atoms with Gasteiger partial charge in [0.25, 0.3) is 17.4 Å².